The Labute approximate surface area is 91.9 Å². The molecule has 0 aromatic heterocycles. The van der Waals surface area contributed by atoms with Gasteiger partial charge in [0.1, 0.15) is 0 Å². The molecule has 0 radical (unpaired) electrons. The summed E-state index contributed by atoms with van der Waals surface area (Å²) in [6.07, 6.45) is 0.833. The van der Waals surface area contributed by atoms with Crippen molar-refractivity contribution in [1.29, 1.82) is 0 Å². The van der Waals surface area contributed by atoms with E-state index in [4.69, 9.17) is 15.7 Å². The van der Waals surface area contributed by atoms with Crippen LogP contribution in [0.15, 0.2) is 0 Å². The summed E-state index contributed by atoms with van der Waals surface area (Å²) in [7, 11) is 0. The SMILES string of the molecule is CC[O][Ti]([O]CC)([O]CC)[CH](N)CC. The van der Waals surface area contributed by atoms with Gasteiger partial charge in [-0.25, -0.2) is 0 Å². The summed E-state index contributed by atoms with van der Waals surface area (Å²) in [6, 6.07) is 0. The number of nitrogens with two attached hydrogens (primary N) is 1. The summed E-state index contributed by atoms with van der Waals surface area (Å²) in [4.78, 5) is 0. The maximum absolute atomic E-state index is 6.02. The van der Waals surface area contributed by atoms with Crippen molar-refractivity contribution in [2.24, 2.45) is 5.73 Å². The van der Waals surface area contributed by atoms with Crippen LogP contribution in [-0.4, -0.2) is 24.2 Å². The molecule has 0 aliphatic carbocycles. The molecule has 0 heterocycles. The predicted octanol–water partition coefficient (Wildman–Crippen LogP) is 1.69. The molecule has 86 valence electrons. The standard InChI is InChI=1S/C3H8N.3C2H5O.Ti/c1-2-3-4;3*1-2-3;/h3H,2,4H2,1H3;3*2H2,1H3;/q;3*-1;+3. The van der Waals surface area contributed by atoms with E-state index in [1.54, 1.807) is 0 Å². The van der Waals surface area contributed by atoms with E-state index in [9.17, 15) is 0 Å². The minimum absolute atomic E-state index is 0.0742. The van der Waals surface area contributed by atoms with Gasteiger partial charge in [0.15, 0.2) is 0 Å². The third-order valence-electron chi connectivity index (χ3n) is 1.93. The van der Waals surface area contributed by atoms with Gasteiger partial charge >= 0.3 is 91.7 Å². The third-order valence-corrected chi connectivity index (χ3v) is 7.22. The first kappa shape index (κ1) is 14.6. The quantitative estimate of drug-likeness (QED) is 0.657. The molecular formula is C9H23NO3Ti. The van der Waals surface area contributed by atoms with Crippen LogP contribution in [0.4, 0.5) is 0 Å². The first-order valence-corrected chi connectivity index (χ1v) is 8.15. The molecule has 0 saturated carbocycles. The Morgan fingerprint density at radius 2 is 1.29 bits per heavy atom. The number of hydrogen-bond acceptors (Lipinski definition) is 4. The number of rotatable bonds is 8. The van der Waals surface area contributed by atoms with Crippen LogP contribution in [0.2, 0.25) is 0 Å². The Bertz CT molecular complexity index is 129. The first-order chi connectivity index (χ1) is 6.66. The van der Waals surface area contributed by atoms with Gasteiger partial charge in [-0.05, 0) is 0 Å². The monoisotopic (exact) mass is 241 g/mol. The average molecular weight is 241 g/mol. The molecule has 0 aliphatic rings. The fourth-order valence-corrected chi connectivity index (χ4v) is 5.36. The molecule has 0 rings (SSSR count). The predicted molar refractivity (Wildman–Crippen MR) is 53.1 cm³/mol. The van der Waals surface area contributed by atoms with E-state index in [1.807, 2.05) is 27.7 Å². The van der Waals surface area contributed by atoms with Gasteiger partial charge < -0.3 is 0 Å². The zero-order valence-corrected chi connectivity index (χ0v) is 11.3. The number of hydrogen-bond donors (Lipinski definition) is 1. The molecule has 0 saturated heterocycles. The Morgan fingerprint density at radius 3 is 1.50 bits per heavy atom. The summed E-state index contributed by atoms with van der Waals surface area (Å²) in [5.41, 5.74) is 6.02. The molecule has 14 heavy (non-hydrogen) atoms. The van der Waals surface area contributed by atoms with Crippen molar-refractivity contribution in [3.05, 3.63) is 0 Å². The molecule has 0 bridgehead atoms. The first-order valence-electron chi connectivity index (χ1n) is 5.34. The topological polar surface area (TPSA) is 53.7 Å². The van der Waals surface area contributed by atoms with E-state index in [1.165, 1.54) is 0 Å². The molecule has 0 spiro atoms. The molecule has 5 heteroatoms. The van der Waals surface area contributed by atoms with Gasteiger partial charge in [-0.15, -0.1) is 0 Å². The van der Waals surface area contributed by atoms with Crippen LogP contribution >= 0.6 is 0 Å². The van der Waals surface area contributed by atoms with Crippen molar-refractivity contribution < 1.29 is 27.7 Å². The van der Waals surface area contributed by atoms with Crippen LogP contribution in [-0.2, 0) is 27.7 Å². The van der Waals surface area contributed by atoms with Crippen molar-refractivity contribution in [2.75, 3.05) is 19.8 Å². The van der Waals surface area contributed by atoms with Gasteiger partial charge in [0.05, 0.1) is 0 Å². The molecule has 0 aromatic carbocycles. The van der Waals surface area contributed by atoms with Crippen molar-refractivity contribution in [3.63, 3.8) is 0 Å². The second-order valence-electron chi connectivity index (χ2n) is 2.92. The molecule has 0 aliphatic heterocycles. The summed E-state index contributed by atoms with van der Waals surface area (Å²) in [5.74, 6) is 0. The summed E-state index contributed by atoms with van der Waals surface area (Å²) in [6.45, 7) is 9.68. The van der Waals surface area contributed by atoms with Crippen molar-refractivity contribution in [1.82, 2.24) is 0 Å². The molecular weight excluding hydrogens is 218 g/mol. The Balaban J connectivity index is 4.53. The van der Waals surface area contributed by atoms with Gasteiger partial charge in [-0.1, -0.05) is 0 Å². The van der Waals surface area contributed by atoms with Crippen molar-refractivity contribution >= 4 is 0 Å². The molecule has 1 atom stereocenters. The van der Waals surface area contributed by atoms with Crippen LogP contribution < -0.4 is 5.73 Å². The fraction of sp³-hybridized carbons (Fsp3) is 1.00. The molecule has 1 unspecified atom stereocenters. The van der Waals surface area contributed by atoms with Gasteiger partial charge in [0.25, 0.3) is 0 Å². The second-order valence-corrected chi connectivity index (χ2v) is 7.31. The van der Waals surface area contributed by atoms with Gasteiger partial charge in [-0.3, -0.25) is 0 Å². The van der Waals surface area contributed by atoms with Crippen molar-refractivity contribution in [3.8, 4) is 0 Å². The Morgan fingerprint density at radius 1 is 0.929 bits per heavy atom. The van der Waals surface area contributed by atoms with Crippen LogP contribution in [0.5, 0.6) is 0 Å². The molecule has 0 amide bonds. The van der Waals surface area contributed by atoms with Gasteiger partial charge in [-0.2, -0.15) is 0 Å². The average Bonchev–Trinajstić information content (AvgIpc) is 2.17. The summed E-state index contributed by atoms with van der Waals surface area (Å²) < 4.78 is 17.0. The zero-order valence-electron chi connectivity index (χ0n) is 9.71. The maximum atomic E-state index is 6.02. The van der Waals surface area contributed by atoms with E-state index in [2.05, 4.69) is 0 Å². The van der Waals surface area contributed by atoms with Crippen molar-refractivity contribution in [2.45, 2.75) is 38.5 Å². The Kier molecular flexibility index (Phi) is 8.10. The zero-order chi connectivity index (χ0) is 11.0. The van der Waals surface area contributed by atoms with Crippen LogP contribution in [0.3, 0.4) is 0 Å². The molecule has 2 N–H and O–H groups in total. The fourth-order valence-electron chi connectivity index (χ4n) is 1.30. The van der Waals surface area contributed by atoms with Crippen LogP contribution in [0, 0.1) is 0 Å². The molecule has 0 aromatic rings. The van der Waals surface area contributed by atoms with E-state index in [0.717, 1.165) is 6.42 Å². The van der Waals surface area contributed by atoms with Crippen LogP contribution in [0.1, 0.15) is 34.1 Å². The van der Waals surface area contributed by atoms with E-state index in [0.29, 0.717) is 19.8 Å². The molecule has 4 nitrogen and oxygen atoms in total. The molecule has 0 fully saturated rings. The third kappa shape index (κ3) is 3.97. The summed E-state index contributed by atoms with van der Waals surface area (Å²) in [5, 5.41) is 0. The van der Waals surface area contributed by atoms with Gasteiger partial charge in [0.2, 0.25) is 0 Å². The Hall–Kier alpha value is 0.554. The second kappa shape index (κ2) is 7.80. The van der Waals surface area contributed by atoms with Gasteiger partial charge in [0, 0.05) is 0 Å². The summed E-state index contributed by atoms with van der Waals surface area (Å²) >= 11 is -3.17. The normalized spacial score (nSPS) is 14.4. The minimum atomic E-state index is -3.17. The van der Waals surface area contributed by atoms with E-state index >= 15 is 0 Å². The van der Waals surface area contributed by atoms with Crippen LogP contribution in [0.25, 0.3) is 0 Å². The van der Waals surface area contributed by atoms with E-state index < -0.39 is 17.8 Å². The van der Waals surface area contributed by atoms with E-state index in [-0.39, 0.29) is 4.35 Å².